The minimum atomic E-state index is -0.340. The average molecular weight is 540 g/mol. The molecule has 0 unspecified atom stereocenters. The maximum atomic E-state index is 13.9. The summed E-state index contributed by atoms with van der Waals surface area (Å²) in [6.07, 6.45) is 0. The van der Waals surface area contributed by atoms with Crippen molar-refractivity contribution >= 4 is 51.2 Å². The van der Waals surface area contributed by atoms with Crippen LogP contribution in [-0.4, -0.2) is 21.5 Å². The molecule has 6 nitrogen and oxygen atoms in total. The van der Waals surface area contributed by atoms with Gasteiger partial charge in [-0.3, -0.25) is 4.79 Å². The van der Waals surface area contributed by atoms with Gasteiger partial charge in [0.2, 0.25) is 0 Å². The topological polar surface area (TPSA) is 71.3 Å². The van der Waals surface area contributed by atoms with Crippen molar-refractivity contribution in [2.75, 3.05) is 10.6 Å². The van der Waals surface area contributed by atoms with E-state index in [9.17, 15) is 4.79 Å². The lowest BCUT2D eigenvalue weighted by atomic mass is 10.0. The zero-order valence-corrected chi connectivity index (χ0v) is 21.9. The van der Waals surface area contributed by atoms with Gasteiger partial charge in [-0.15, -0.1) is 0 Å². The summed E-state index contributed by atoms with van der Waals surface area (Å²) >= 11 is 6.22. The Morgan fingerprint density at radius 3 is 2.23 bits per heavy atom. The van der Waals surface area contributed by atoms with Gasteiger partial charge in [-0.1, -0.05) is 84.4 Å². The number of para-hydroxylation sites is 1. The first-order valence-corrected chi connectivity index (χ1v) is 13.2. The molecule has 6 aromatic rings. The van der Waals surface area contributed by atoms with Crippen molar-refractivity contribution in [3.8, 4) is 16.9 Å². The normalized spacial score (nSPS) is 12.1. The van der Waals surface area contributed by atoms with E-state index in [-0.39, 0.29) is 11.6 Å². The van der Waals surface area contributed by atoms with Gasteiger partial charge in [-0.2, -0.15) is 5.10 Å². The molecule has 1 aliphatic heterocycles. The number of nitrogens with one attached hydrogen (secondary N) is 2. The number of amides is 1. The van der Waals surface area contributed by atoms with Crippen LogP contribution in [0.2, 0.25) is 5.02 Å². The second-order valence-corrected chi connectivity index (χ2v) is 9.85. The second-order valence-electron chi connectivity index (χ2n) is 9.41. The first-order chi connectivity index (χ1) is 19.7. The molecular weight excluding hydrogens is 518 g/mol. The van der Waals surface area contributed by atoms with Gasteiger partial charge in [0, 0.05) is 27.3 Å². The van der Waals surface area contributed by atoms with Crippen LogP contribution < -0.4 is 10.6 Å². The van der Waals surface area contributed by atoms with Crippen molar-refractivity contribution in [1.29, 1.82) is 0 Å². The summed E-state index contributed by atoms with van der Waals surface area (Å²) in [5.41, 5.74) is 5.66. The fourth-order valence-electron chi connectivity index (χ4n) is 5.06. The van der Waals surface area contributed by atoms with Crippen molar-refractivity contribution in [2.45, 2.75) is 0 Å². The highest BCUT2D eigenvalue weighted by Crippen LogP contribution is 2.39. The molecule has 2 N–H and O–H groups in total. The van der Waals surface area contributed by atoms with E-state index < -0.39 is 0 Å². The highest BCUT2D eigenvalue weighted by molar-refractivity contribution is 6.30. The van der Waals surface area contributed by atoms with Gasteiger partial charge in [-0.25, -0.2) is 9.67 Å². The number of hydrogen-bond acceptors (Lipinski definition) is 4. The summed E-state index contributed by atoms with van der Waals surface area (Å²) in [6.45, 7) is 0. The summed E-state index contributed by atoms with van der Waals surface area (Å²) in [7, 11) is 0. The third-order valence-corrected chi connectivity index (χ3v) is 7.11. The molecule has 5 aromatic carbocycles. The molecule has 0 spiro atoms. The lowest BCUT2D eigenvalue weighted by molar-refractivity contribution is 0.102. The van der Waals surface area contributed by atoms with Crippen LogP contribution in [0.3, 0.4) is 0 Å². The van der Waals surface area contributed by atoms with Crippen molar-refractivity contribution in [2.24, 2.45) is 4.99 Å². The number of hydrogen-bond donors (Lipinski definition) is 2. The van der Waals surface area contributed by atoms with Gasteiger partial charge in [-0.05, 0) is 53.9 Å². The first-order valence-electron chi connectivity index (χ1n) is 12.8. The van der Waals surface area contributed by atoms with Crippen LogP contribution in [0.25, 0.3) is 27.7 Å². The molecule has 1 aromatic heterocycles. The monoisotopic (exact) mass is 539 g/mol. The summed E-state index contributed by atoms with van der Waals surface area (Å²) < 4.78 is 1.78. The number of rotatable bonds is 5. The van der Waals surface area contributed by atoms with E-state index >= 15 is 0 Å². The molecule has 0 saturated heterocycles. The standard InChI is InChI=1S/C33H22ClN5O/c34-23-17-19-25(20-18-23)39-31(22-9-3-1-4-10-22)29(30(38-39)33(40)35-24-13-5-2-6-14-24)32-36-26-15-7-11-21-12-8-16-27(37-32)28(21)26/h1-20H,(H,35,40)(H,36,37). The fourth-order valence-corrected chi connectivity index (χ4v) is 5.18. The Morgan fingerprint density at radius 1 is 0.775 bits per heavy atom. The third kappa shape index (κ3) is 4.21. The van der Waals surface area contributed by atoms with Crippen LogP contribution in [0, 0.1) is 0 Å². The molecule has 7 rings (SSSR count). The van der Waals surface area contributed by atoms with E-state index in [1.807, 2.05) is 109 Å². The zero-order valence-electron chi connectivity index (χ0n) is 21.2. The maximum absolute atomic E-state index is 13.9. The number of nitrogens with zero attached hydrogens (tertiary/aromatic N) is 3. The Labute approximate surface area is 235 Å². The number of benzene rings is 5. The van der Waals surface area contributed by atoms with Gasteiger partial charge in [0.05, 0.1) is 22.6 Å². The van der Waals surface area contributed by atoms with Gasteiger partial charge in [0.25, 0.3) is 5.91 Å². The molecule has 0 radical (unpaired) electrons. The Kier molecular flexibility index (Phi) is 5.87. The highest BCUT2D eigenvalue weighted by atomic mass is 35.5. The van der Waals surface area contributed by atoms with Crippen molar-refractivity contribution < 1.29 is 4.79 Å². The zero-order chi connectivity index (χ0) is 27.1. The number of carbonyl (C=O) groups is 1. The first kappa shape index (κ1) is 23.9. The Balaban J connectivity index is 1.50. The van der Waals surface area contributed by atoms with Crippen molar-refractivity contribution in [3.63, 3.8) is 0 Å². The SMILES string of the molecule is O=C(Nc1ccccc1)c1nn(-c2ccc(Cl)cc2)c(-c2ccccc2)c1C1=Nc2cccc3cccc(c23)N1. The quantitative estimate of drug-likeness (QED) is 0.232. The Morgan fingerprint density at radius 2 is 1.48 bits per heavy atom. The molecule has 0 saturated carbocycles. The lowest BCUT2D eigenvalue weighted by Crippen LogP contribution is -2.22. The van der Waals surface area contributed by atoms with Crippen LogP contribution in [0.5, 0.6) is 0 Å². The minimum Gasteiger partial charge on any atom is -0.339 e. The Hall–Kier alpha value is -5.20. The van der Waals surface area contributed by atoms with Gasteiger partial charge in [0.1, 0.15) is 5.84 Å². The van der Waals surface area contributed by atoms with Crippen molar-refractivity contribution in [3.05, 3.63) is 138 Å². The predicted octanol–water partition coefficient (Wildman–Crippen LogP) is 8.10. The van der Waals surface area contributed by atoms with Gasteiger partial charge >= 0.3 is 0 Å². The lowest BCUT2D eigenvalue weighted by Gasteiger charge is -2.20. The Bertz CT molecular complexity index is 1910. The van der Waals surface area contributed by atoms with E-state index in [1.54, 1.807) is 4.68 Å². The summed E-state index contributed by atoms with van der Waals surface area (Å²) in [5, 5.41) is 14.2. The van der Waals surface area contributed by atoms with E-state index in [0.29, 0.717) is 22.1 Å². The van der Waals surface area contributed by atoms with E-state index in [4.69, 9.17) is 21.7 Å². The second kappa shape index (κ2) is 9.84. The summed E-state index contributed by atoms with van der Waals surface area (Å²) in [4.78, 5) is 18.9. The molecule has 0 fully saturated rings. The molecule has 0 atom stereocenters. The molecular formula is C33H22ClN5O. The van der Waals surface area contributed by atoms with Crippen LogP contribution in [0.1, 0.15) is 16.1 Å². The molecule has 1 aliphatic rings. The van der Waals surface area contributed by atoms with Gasteiger partial charge in [0.15, 0.2) is 5.69 Å². The molecule has 0 bridgehead atoms. The molecule has 2 heterocycles. The summed E-state index contributed by atoms with van der Waals surface area (Å²) in [5.74, 6) is 0.205. The fraction of sp³-hybridized carbons (Fsp3) is 0. The molecule has 0 aliphatic carbocycles. The number of anilines is 2. The minimum absolute atomic E-state index is 0.246. The molecule has 40 heavy (non-hydrogen) atoms. The number of aliphatic imine (C=N–C) groups is 1. The van der Waals surface area contributed by atoms with E-state index in [1.165, 1.54) is 0 Å². The number of halogens is 1. The van der Waals surface area contributed by atoms with Crippen molar-refractivity contribution in [1.82, 2.24) is 9.78 Å². The van der Waals surface area contributed by atoms with Crippen LogP contribution >= 0.6 is 11.6 Å². The molecule has 192 valence electrons. The van der Waals surface area contributed by atoms with Gasteiger partial charge < -0.3 is 10.6 Å². The number of carbonyl (C=O) groups excluding carboxylic acids is 1. The smallest absolute Gasteiger partial charge is 0.276 e. The predicted molar refractivity (Wildman–Crippen MR) is 162 cm³/mol. The summed E-state index contributed by atoms with van der Waals surface area (Å²) in [6, 6.07) is 38.8. The van der Waals surface area contributed by atoms with E-state index in [2.05, 4.69) is 22.8 Å². The third-order valence-electron chi connectivity index (χ3n) is 6.86. The largest absolute Gasteiger partial charge is 0.339 e. The molecule has 7 heteroatoms. The number of amidine groups is 1. The van der Waals surface area contributed by atoms with Crippen LogP contribution in [0.4, 0.5) is 17.1 Å². The average Bonchev–Trinajstić information content (AvgIpc) is 3.40. The maximum Gasteiger partial charge on any atom is 0.276 e. The highest BCUT2D eigenvalue weighted by Gasteiger charge is 2.30. The number of aromatic nitrogens is 2. The van der Waals surface area contributed by atoms with Crippen LogP contribution in [-0.2, 0) is 0 Å². The van der Waals surface area contributed by atoms with Crippen LogP contribution in [0.15, 0.2) is 126 Å². The van der Waals surface area contributed by atoms with E-state index in [0.717, 1.165) is 39.1 Å². The molecule has 1 amide bonds.